The second-order valence-electron chi connectivity index (χ2n) is 3.45. The molecule has 0 aromatic heterocycles. The maximum Gasteiger partial charge on any atom is 0.321 e. The Kier molecular flexibility index (Phi) is 5.28. The van der Waals surface area contributed by atoms with Crippen LogP contribution in [0.2, 0.25) is 0 Å². The highest BCUT2D eigenvalue weighted by atomic mass is 79.9. The molecule has 2 amide bonds. The molecule has 94 valence electrons. The Balaban J connectivity index is 2.83. The van der Waals surface area contributed by atoms with Crippen molar-refractivity contribution in [3.8, 4) is 5.75 Å². The summed E-state index contributed by atoms with van der Waals surface area (Å²) in [5, 5.41) is 2.85. The van der Waals surface area contributed by atoms with Crippen molar-refractivity contribution in [3.05, 3.63) is 22.7 Å². The van der Waals surface area contributed by atoms with Gasteiger partial charge in [-0.15, -0.1) is 0 Å². The minimum atomic E-state index is -0.107. The van der Waals surface area contributed by atoms with Crippen LogP contribution >= 0.6 is 15.9 Å². The van der Waals surface area contributed by atoms with Gasteiger partial charge in [0.25, 0.3) is 0 Å². The minimum absolute atomic E-state index is 0.107. The summed E-state index contributed by atoms with van der Waals surface area (Å²) in [5.74, 6) is 0.711. The van der Waals surface area contributed by atoms with E-state index in [-0.39, 0.29) is 6.03 Å². The zero-order valence-electron chi connectivity index (χ0n) is 10.3. The number of urea groups is 1. The van der Waals surface area contributed by atoms with Crippen molar-refractivity contribution < 1.29 is 9.53 Å². The quantitative estimate of drug-likeness (QED) is 0.927. The average Bonchev–Trinajstić information content (AvgIpc) is 2.33. The number of benzene rings is 1. The van der Waals surface area contributed by atoms with Gasteiger partial charge >= 0.3 is 6.03 Å². The third-order valence-electron chi connectivity index (χ3n) is 2.47. The van der Waals surface area contributed by atoms with Crippen molar-refractivity contribution in [1.82, 2.24) is 4.90 Å². The van der Waals surface area contributed by atoms with Gasteiger partial charge in [0.2, 0.25) is 0 Å². The van der Waals surface area contributed by atoms with E-state index in [4.69, 9.17) is 4.74 Å². The van der Waals surface area contributed by atoms with E-state index in [1.165, 1.54) is 0 Å². The highest BCUT2D eigenvalue weighted by Gasteiger charge is 2.11. The molecule has 1 aromatic rings. The summed E-state index contributed by atoms with van der Waals surface area (Å²) < 4.78 is 5.95. The predicted octanol–water partition coefficient (Wildman–Crippen LogP) is 3.33. The summed E-state index contributed by atoms with van der Waals surface area (Å²) in [7, 11) is 1.60. The van der Waals surface area contributed by atoms with E-state index in [1.807, 2.05) is 26.0 Å². The van der Waals surface area contributed by atoms with E-state index in [2.05, 4.69) is 21.2 Å². The second-order valence-corrected chi connectivity index (χ2v) is 4.30. The van der Waals surface area contributed by atoms with Crippen LogP contribution in [0.15, 0.2) is 22.7 Å². The van der Waals surface area contributed by atoms with Crippen molar-refractivity contribution in [2.75, 3.05) is 25.5 Å². The molecular weight excluding hydrogens is 284 g/mol. The van der Waals surface area contributed by atoms with Gasteiger partial charge in [-0.2, -0.15) is 0 Å². The van der Waals surface area contributed by atoms with E-state index in [9.17, 15) is 4.79 Å². The largest absolute Gasteiger partial charge is 0.497 e. The second kappa shape index (κ2) is 6.49. The molecule has 1 N–H and O–H groups in total. The molecule has 0 saturated carbocycles. The lowest BCUT2D eigenvalue weighted by Gasteiger charge is -2.19. The molecule has 0 bridgehead atoms. The van der Waals surface area contributed by atoms with Gasteiger partial charge in [0.15, 0.2) is 0 Å². The molecular formula is C12H17BrN2O2. The molecule has 1 rings (SSSR count). The van der Waals surface area contributed by atoms with Crippen LogP contribution in [0.1, 0.15) is 13.8 Å². The number of rotatable bonds is 4. The molecule has 0 spiro atoms. The predicted molar refractivity (Wildman–Crippen MR) is 72.6 cm³/mol. The normalized spacial score (nSPS) is 9.88. The zero-order chi connectivity index (χ0) is 12.8. The van der Waals surface area contributed by atoms with Gasteiger partial charge in [0.1, 0.15) is 5.75 Å². The summed E-state index contributed by atoms with van der Waals surface area (Å²) in [6.07, 6.45) is 0. The van der Waals surface area contributed by atoms with E-state index in [1.54, 1.807) is 18.1 Å². The van der Waals surface area contributed by atoms with Crippen molar-refractivity contribution in [3.63, 3.8) is 0 Å². The topological polar surface area (TPSA) is 41.6 Å². The summed E-state index contributed by atoms with van der Waals surface area (Å²) in [4.78, 5) is 13.6. The molecule has 1 aromatic carbocycles. The number of carbonyl (C=O) groups is 1. The Bertz CT molecular complexity index is 392. The molecule has 17 heavy (non-hydrogen) atoms. The number of carbonyl (C=O) groups excluding carboxylic acids is 1. The van der Waals surface area contributed by atoms with Crippen LogP contribution in [0.3, 0.4) is 0 Å². The van der Waals surface area contributed by atoms with Crippen LogP contribution in [0, 0.1) is 0 Å². The summed E-state index contributed by atoms with van der Waals surface area (Å²) in [5.41, 5.74) is 0.709. The molecule has 0 fully saturated rings. The fraction of sp³-hybridized carbons (Fsp3) is 0.417. The first kappa shape index (κ1) is 13.8. The first-order valence-corrected chi connectivity index (χ1v) is 6.31. The van der Waals surface area contributed by atoms with Gasteiger partial charge in [-0.25, -0.2) is 4.79 Å². The van der Waals surface area contributed by atoms with Crippen molar-refractivity contribution in [2.24, 2.45) is 0 Å². The Morgan fingerprint density at radius 3 is 2.59 bits per heavy atom. The number of methoxy groups -OCH3 is 1. The van der Waals surface area contributed by atoms with Gasteiger partial charge in [-0.3, -0.25) is 0 Å². The van der Waals surface area contributed by atoms with E-state index >= 15 is 0 Å². The first-order chi connectivity index (χ1) is 8.12. The number of anilines is 1. The molecule has 4 nitrogen and oxygen atoms in total. The van der Waals surface area contributed by atoms with Gasteiger partial charge in [-0.1, -0.05) is 0 Å². The molecule has 0 aliphatic heterocycles. The summed E-state index contributed by atoms with van der Waals surface area (Å²) >= 11 is 3.39. The third kappa shape index (κ3) is 3.63. The maximum absolute atomic E-state index is 11.9. The smallest absolute Gasteiger partial charge is 0.321 e. The molecule has 0 saturated heterocycles. The van der Waals surface area contributed by atoms with Crippen molar-refractivity contribution >= 4 is 27.6 Å². The molecule has 0 unspecified atom stereocenters. The molecule has 0 atom stereocenters. The third-order valence-corrected chi connectivity index (χ3v) is 3.16. The van der Waals surface area contributed by atoms with Gasteiger partial charge in [0.05, 0.1) is 12.8 Å². The SMILES string of the molecule is CCN(CC)C(=O)Nc1cc(OC)ccc1Br. The number of halogens is 1. The standard InChI is InChI=1S/C12H17BrN2O2/c1-4-15(5-2)12(16)14-11-8-9(17-3)6-7-10(11)13/h6-8H,4-5H2,1-3H3,(H,14,16). The van der Waals surface area contributed by atoms with E-state index in [0.717, 1.165) is 4.47 Å². The maximum atomic E-state index is 11.9. The molecule has 5 heteroatoms. The number of ether oxygens (including phenoxy) is 1. The highest BCUT2D eigenvalue weighted by molar-refractivity contribution is 9.10. The molecule has 0 heterocycles. The number of amides is 2. The van der Waals surface area contributed by atoms with Crippen LogP contribution in [0.25, 0.3) is 0 Å². The number of nitrogens with zero attached hydrogens (tertiary/aromatic N) is 1. The zero-order valence-corrected chi connectivity index (χ0v) is 11.9. The minimum Gasteiger partial charge on any atom is -0.497 e. The monoisotopic (exact) mass is 300 g/mol. The Morgan fingerprint density at radius 1 is 1.41 bits per heavy atom. The van der Waals surface area contributed by atoms with Crippen LogP contribution < -0.4 is 10.1 Å². The lowest BCUT2D eigenvalue weighted by molar-refractivity contribution is 0.217. The first-order valence-electron chi connectivity index (χ1n) is 5.51. The molecule has 0 aliphatic carbocycles. The number of nitrogens with one attached hydrogen (secondary N) is 1. The highest BCUT2D eigenvalue weighted by Crippen LogP contribution is 2.27. The van der Waals surface area contributed by atoms with E-state index in [0.29, 0.717) is 24.5 Å². The van der Waals surface area contributed by atoms with Crippen LogP contribution in [0.4, 0.5) is 10.5 Å². The van der Waals surface area contributed by atoms with Gasteiger partial charge in [0, 0.05) is 23.6 Å². The summed E-state index contributed by atoms with van der Waals surface area (Å²) in [6.45, 7) is 5.27. The van der Waals surface area contributed by atoms with Gasteiger partial charge < -0.3 is 15.0 Å². The number of hydrogen-bond donors (Lipinski definition) is 1. The Hall–Kier alpha value is -1.23. The van der Waals surface area contributed by atoms with Crippen molar-refractivity contribution in [1.29, 1.82) is 0 Å². The average molecular weight is 301 g/mol. The van der Waals surface area contributed by atoms with Crippen LogP contribution in [0.5, 0.6) is 5.75 Å². The molecule has 0 aliphatic rings. The number of hydrogen-bond acceptors (Lipinski definition) is 2. The fourth-order valence-corrected chi connectivity index (χ4v) is 1.78. The molecule has 0 radical (unpaired) electrons. The Labute approximate surface area is 110 Å². The van der Waals surface area contributed by atoms with Crippen molar-refractivity contribution in [2.45, 2.75) is 13.8 Å². The summed E-state index contributed by atoms with van der Waals surface area (Å²) in [6, 6.07) is 5.35. The fourth-order valence-electron chi connectivity index (χ4n) is 1.43. The van der Waals surface area contributed by atoms with Crippen LogP contribution in [-0.2, 0) is 0 Å². The Morgan fingerprint density at radius 2 is 2.06 bits per heavy atom. The van der Waals surface area contributed by atoms with E-state index < -0.39 is 0 Å². The lowest BCUT2D eigenvalue weighted by atomic mass is 10.3. The van der Waals surface area contributed by atoms with Crippen LogP contribution in [-0.4, -0.2) is 31.1 Å². The lowest BCUT2D eigenvalue weighted by Crippen LogP contribution is -2.34. The van der Waals surface area contributed by atoms with Gasteiger partial charge in [-0.05, 0) is 41.9 Å².